The van der Waals surface area contributed by atoms with Crippen molar-refractivity contribution < 1.29 is 14.0 Å². The maximum absolute atomic E-state index is 13.1. The van der Waals surface area contributed by atoms with Crippen LogP contribution in [0.2, 0.25) is 5.02 Å². The molecule has 0 radical (unpaired) electrons. The van der Waals surface area contributed by atoms with Crippen molar-refractivity contribution >= 4 is 39.3 Å². The van der Waals surface area contributed by atoms with Gasteiger partial charge in [-0.3, -0.25) is 20.4 Å². The number of hydrazine groups is 1. The van der Waals surface area contributed by atoms with Crippen molar-refractivity contribution in [2.75, 3.05) is 0 Å². The largest absolute Gasteiger partial charge is 0.273 e. The summed E-state index contributed by atoms with van der Waals surface area (Å²) in [5, 5.41) is 0.577. The molecular formula is C15H11BrClFN2O2. The van der Waals surface area contributed by atoms with E-state index in [1.165, 1.54) is 12.1 Å². The van der Waals surface area contributed by atoms with Crippen molar-refractivity contribution in [3.63, 3.8) is 0 Å². The fraction of sp³-hybridized carbons (Fsp3) is 0.0667. The molecule has 0 spiro atoms. The molecule has 0 bridgehead atoms. The van der Waals surface area contributed by atoms with Gasteiger partial charge in [0.15, 0.2) is 0 Å². The third-order valence-corrected chi connectivity index (χ3v) is 3.71. The van der Waals surface area contributed by atoms with Crippen LogP contribution in [0.3, 0.4) is 0 Å². The highest BCUT2D eigenvalue weighted by Gasteiger charge is 2.12. The number of nitrogens with one attached hydrogen (secondary N) is 2. The van der Waals surface area contributed by atoms with E-state index >= 15 is 0 Å². The summed E-state index contributed by atoms with van der Waals surface area (Å²) >= 11 is 8.90. The molecule has 0 aliphatic heterocycles. The van der Waals surface area contributed by atoms with E-state index in [0.717, 1.165) is 11.6 Å². The van der Waals surface area contributed by atoms with Gasteiger partial charge in [0.05, 0.1) is 12.0 Å². The third-order valence-electron chi connectivity index (χ3n) is 2.77. The van der Waals surface area contributed by atoms with E-state index in [0.29, 0.717) is 9.50 Å². The second kappa shape index (κ2) is 7.38. The molecule has 0 aliphatic rings. The van der Waals surface area contributed by atoms with Gasteiger partial charge in [0.1, 0.15) is 5.82 Å². The van der Waals surface area contributed by atoms with E-state index in [9.17, 15) is 14.0 Å². The molecule has 2 rings (SSSR count). The summed E-state index contributed by atoms with van der Waals surface area (Å²) in [5.41, 5.74) is 5.36. The highest BCUT2D eigenvalue weighted by atomic mass is 79.9. The summed E-state index contributed by atoms with van der Waals surface area (Å²) in [6.07, 6.45) is 0.0851. The lowest BCUT2D eigenvalue weighted by Crippen LogP contribution is -2.42. The van der Waals surface area contributed by atoms with Gasteiger partial charge in [-0.2, -0.15) is 0 Å². The van der Waals surface area contributed by atoms with Crippen LogP contribution in [0.15, 0.2) is 46.9 Å². The Morgan fingerprint density at radius 2 is 1.77 bits per heavy atom. The number of amides is 2. The molecule has 4 nitrogen and oxygen atoms in total. The van der Waals surface area contributed by atoms with Gasteiger partial charge >= 0.3 is 0 Å². The molecule has 0 saturated heterocycles. The number of benzene rings is 2. The quantitative estimate of drug-likeness (QED) is 0.797. The smallest absolute Gasteiger partial charge is 0.270 e. The Balaban J connectivity index is 1.91. The molecular weight excluding hydrogens is 375 g/mol. The average molecular weight is 386 g/mol. The van der Waals surface area contributed by atoms with Gasteiger partial charge < -0.3 is 0 Å². The predicted molar refractivity (Wildman–Crippen MR) is 84.9 cm³/mol. The second-order valence-electron chi connectivity index (χ2n) is 4.43. The molecule has 0 atom stereocenters. The second-order valence-corrected chi connectivity index (χ2v) is 5.72. The van der Waals surface area contributed by atoms with Gasteiger partial charge in [-0.05, 0) is 51.8 Å². The van der Waals surface area contributed by atoms with E-state index in [-0.39, 0.29) is 12.0 Å². The summed E-state index contributed by atoms with van der Waals surface area (Å²) in [7, 11) is 0. The Labute approximate surface area is 139 Å². The SMILES string of the molecule is O=C(Cc1ccc(Cl)cc1)NNC(=O)c1cc(F)ccc1Br. The van der Waals surface area contributed by atoms with Crippen LogP contribution >= 0.6 is 27.5 Å². The zero-order chi connectivity index (χ0) is 16.1. The molecule has 7 heteroatoms. The predicted octanol–water partition coefficient (Wildman–Crippen LogP) is 3.25. The van der Waals surface area contributed by atoms with Gasteiger partial charge in [0.2, 0.25) is 5.91 Å². The van der Waals surface area contributed by atoms with E-state index in [2.05, 4.69) is 26.8 Å². The molecule has 2 aromatic carbocycles. The van der Waals surface area contributed by atoms with Crippen molar-refractivity contribution in [3.8, 4) is 0 Å². The Kier molecular flexibility index (Phi) is 5.51. The summed E-state index contributed by atoms with van der Waals surface area (Å²) < 4.78 is 13.6. The zero-order valence-electron chi connectivity index (χ0n) is 11.2. The van der Waals surface area contributed by atoms with Gasteiger partial charge in [-0.1, -0.05) is 23.7 Å². The van der Waals surface area contributed by atoms with Crippen molar-refractivity contribution in [1.82, 2.24) is 10.9 Å². The fourth-order valence-corrected chi connectivity index (χ4v) is 2.25. The number of rotatable bonds is 3. The van der Waals surface area contributed by atoms with Crippen molar-refractivity contribution in [3.05, 3.63) is 68.9 Å². The molecule has 2 amide bonds. The number of hydrogen-bond acceptors (Lipinski definition) is 2. The van der Waals surface area contributed by atoms with Crippen LogP contribution in [-0.2, 0) is 11.2 Å². The molecule has 2 aromatic rings. The van der Waals surface area contributed by atoms with Crippen molar-refractivity contribution in [2.24, 2.45) is 0 Å². The van der Waals surface area contributed by atoms with Crippen LogP contribution < -0.4 is 10.9 Å². The molecule has 0 fully saturated rings. The van der Waals surface area contributed by atoms with E-state index in [4.69, 9.17) is 11.6 Å². The highest BCUT2D eigenvalue weighted by molar-refractivity contribution is 9.10. The van der Waals surface area contributed by atoms with Crippen LogP contribution in [0.5, 0.6) is 0 Å². The Morgan fingerprint density at radius 3 is 2.45 bits per heavy atom. The highest BCUT2D eigenvalue weighted by Crippen LogP contribution is 2.17. The van der Waals surface area contributed by atoms with Gasteiger partial charge in [0, 0.05) is 9.50 Å². The molecule has 0 unspecified atom stereocenters. The van der Waals surface area contributed by atoms with E-state index < -0.39 is 17.6 Å². The first kappa shape index (κ1) is 16.5. The topological polar surface area (TPSA) is 58.2 Å². The van der Waals surface area contributed by atoms with Gasteiger partial charge in [0.25, 0.3) is 5.91 Å². The summed E-state index contributed by atoms with van der Waals surface area (Å²) in [6.45, 7) is 0. The van der Waals surface area contributed by atoms with Crippen LogP contribution in [0, 0.1) is 5.82 Å². The Morgan fingerprint density at radius 1 is 1.09 bits per heavy atom. The minimum absolute atomic E-state index is 0.0851. The van der Waals surface area contributed by atoms with Crippen LogP contribution in [-0.4, -0.2) is 11.8 Å². The van der Waals surface area contributed by atoms with Crippen molar-refractivity contribution in [2.45, 2.75) is 6.42 Å². The minimum Gasteiger partial charge on any atom is -0.273 e. The first-order valence-electron chi connectivity index (χ1n) is 6.24. The standard InChI is InChI=1S/C15H11BrClFN2O2/c16-13-6-5-11(18)8-12(13)15(22)20-19-14(21)7-9-1-3-10(17)4-2-9/h1-6,8H,7H2,(H,19,21)(H,20,22). The van der Waals surface area contributed by atoms with Gasteiger partial charge in [-0.25, -0.2) is 4.39 Å². The Hall–Kier alpha value is -1.92. The molecule has 0 aromatic heterocycles. The normalized spacial score (nSPS) is 10.1. The van der Waals surface area contributed by atoms with Crippen LogP contribution in [0.25, 0.3) is 0 Å². The maximum Gasteiger partial charge on any atom is 0.270 e. The summed E-state index contributed by atoms with van der Waals surface area (Å²) in [5.74, 6) is -1.56. The molecule has 0 aliphatic carbocycles. The molecule has 0 heterocycles. The lowest BCUT2D eigenvalue weighted by atomic mass is 10.1. The van der Waals surface area contributed by atoms with Crippen LogP contribution in [0.1, 0.15) is 15.9 Å². The lowest BCUT2D eigenvalue weighted by molar-refractivity contribution is -0.121. The first-order valence-corrected chi connectivity index (χ1v) is 7.41. The summed E-state index contributed by atoms with van der Waals surface area (Å²) in [6, 6.07) is 10.5. The number of hydrogen-bond donors (Lipinski definition) is 2. The molecule has 0 saturated carbocycles. The van der Waals surface area contributed by atoms with Gasteiger partial charge in [-0.15, -0.1) is 0 Å². The summed E-state index contributed by atoms with van der Waals surface area (Å²) in [4.78, 5) is 23.6. The number of carbonyl (C=O) groups excluding carboxylic acids is 2. The maximum atomic E-state index is 13.1. The molecule has 114 valence electrons. The average Bonchev–Trinajstić information content (AvgIpc) is 2.49. The zero-order valence-corrected chi connectivity index (χ0v) is 13.5. The van der Waals surface area contributed by atoms with Crippen LogP contribution in [0.4, 0.5) is 4.39 Å². The monoisotopic (exact) mass is 384 g/mol. The number of halogens is 3. The Bertz CT molecular complexity index is 707. The first-order chi connectivity index (χ1) is 10.5. The lowest BCUT2D eigenvalue weighted by Gasteiger charge is -2.09. The number of carbonyl (C=O) groups is 2. The molecule has 22 heavy (non-hydrogen) atoms. The molecule has 2 N–H and O–H groups in total. The minimum atomic E-state index is -0.615. The third kappa shape index (κ3) is 4.54. The van der Waals surface area contributed by atoms with Crippen molar-refractivity contribution in [1.29, 1.82) is 0 Å². The fourth-order valence-electron chi connectivity index (χ4n) is 1.70. The van der Waals surface area contributed by atoms with E-state index in [1.54, 1.807) is 24.3 Å². The van der Waals surface area contributed by atoms with E-state index in [1.807, 2.05) is 0 Å².